The van der Waals surface area contributed by atoms with Crippen LogP contribution in [0.15, 0.2) is 72.3 Å². The van der Waals surface area contributed by atoms with Gasteiger partial charge in [-0.1, -0.05) is 43.0 Å². The van der Waals surface area contributed by atoms with E-state index in [0.717, 1.165) is 16.7 Å². The van der Waals surface area contributed by atoms with Crippen molar-refractivity contribution in [3.05, 3.63) is 83.5 Å². The monoisotopic (exact) mass is 309 g/mol. The van der Waals surface area contributed by atoms with Gasteiger partial charge in [0.1, 0.15) is 17.3 Å². The van der Waals surface area contributed by atoms with E-state index in [4.69, 9.17) is 15.2 Å². The fraction of sp³-hybridized carbons (Fsp3) is 0.158. The summed E-state index contributed by atoms with van der Waals surface area (Å²) in [6, 6.07) is 15.0. The Hall–Kier alpha value is -2.88. The van der Waals surface area contributed by atoms with E-state index in [1.54, 1.807) is 12.1 Å². The zero-order chi connectivity index (χ0) is 16.4. The molecule has 0 saturated carbocycles. The first kappa shape index (κ1) is 15.0. The summed E-state index contributed by atoms with van der Waals surface area (Å²) in [4.78, 5) is 0. The van der Waals surface area contributed by atoms with E-state index >= 15 is 0 Å². The minimum Gasteiger partial charge on any atom is -0.508 e. The lowest BCUT2D eigenvalue weighted by atomic mass is 9.82. The quantitative estimate of drug-likeness (QED) is 0.846. The van der Waals surface area contributed by atoms with Crippen molar-refractivity contribution >= 4 is 0 Å². The molecule has 1 atom stereocenters. The molecule has 0 spiro atoms. The minimum absolute atomic E-state index is 0.135. The molecule has 2 aromatic rings. The average Bonchev–Trinajstić information content (AvgIpc) is 2.54. The molecular formula is C19H19NO3. The second-order valence-corrected chi connectivity index (χ2v) is 5.30. The first-order valence-corrected chi connectivity index (χ1v) is 7.49. The number of allylic oxidation sites excluding steroid dienone is 1. The summed E-state index contributed by atoms with van der Waals surface area (Å²) in [5, 5.41) is 9.71. The van der Waals surface area contributed by atoms with Gasteiger partial charge >= 0.3 is 0 Å². The van der Waals surface area contributed by atoms with Crippen LogP contribution in [0.1, 0.15) is 24.0 Å². The third-order valence-corrected chi connectivity index (χ3v) is 3.83. The largest absolute Gasteiger partial charge is 0.508 e. The Kier molecular flexibility index (Phi) is 3.98. The SMILES string of the molecule is C=C(OCC)C1=C(N)Oc2cc(O)ccc2C1c1ccccc1. The molecule has 1 heterocycles. The summed E-state index contributed by atoms with van der Waals surface area (Å²) < 4.78 is 11.3. The maximum absolute atomic E-state index is 9.71. The number of phenolic OH excluding ortho intramolecular Hbond substituents is 1. The molecule has 23 heavy (non-hydrogen) atoms. The molecule has 0 bridgehead atoms. The average molecular weight is 309 g/mol. The number of hydrogen-bond acceptors (Lipinski definition) is 4. The molecule has 0 amide bonds. The van der Waals surface area contributed by atoms with Crippen LogP contribution in [-0.2, 0) is 4.74 Å². The molecule has 1 aliphatic rings. The predicted molar refractivity (Wildman–Crippen MR) is 89.0 cm³/mol. The Balaban J connectivity index is 2.18. The number of phenols is 1. The first-order chi connectivity index (χ1) is 11.1. The molecule has 4 nitrogen and oxygen atoms in total. The molecule has 4 heteroatoms. The van der Waals surface area contributed by atoms with Gasteiger partial charge in [0.25, 0.3) is 0 Å². The number of ether oxygens (including phenoxy) is 2. The van der Waals surface area contributed by atoms with Crippen LogP contribution < -0.4 is 10.5 Å². The smallest absolute Gasteiger partial charge is 0.198 e. The maximum Gasteiger partial charge on any atom is 0.198 e. The van der Waals surface area contributed by atoms with Crippen molar-refractivity contribution < 1.29 is 14.6 Å². The molecule has 0 radical (unpaired) electrons. The summed E-state index contributed by atoms with van der Waals surface area (Å²) >= 11 is 0. The van der Waals surface area contributed by atoms with Crippen molar-refractivity contribution in [1.82, 2.24) is 0 Å². The lowest BCUT2D eigenvalue weighted by Crippen LogP contribution is -2.23. The van der Waals surface area contributed by atoms with Gasteiger partial charge in [-0.05, 0) is 18.6 Å². The summed E-state index contributed by atoms with van der Waals surface area (Å²) in [6.45, 7) is 6.39. The molecule has 1 aliphatic heterocycles. The lowest BCUT2D eigenvalue weighted by Gasteiger charge is -2.30. The number of aromatic hydroxyl groups is 1. The standard InChI is InChI=1S/C19H19NO3/c1-3-22-12(2)17-18(13-7-5-4-6-8-13)15-10-9-14(21)11-16(15)23-19(17)20/h4-11,18,21H,2-3,20H2,1H3. The van der Waals surface area contributed by atoms with Crippen molar-refractivity contribution in [2.24, 2.45) is 5.73 Å². The van der Waals surface area contributed by atoms with E-state index in [1.807, 2.05) is 43.3 Å². The van der Waals surface area contributed by atoms with Crippen molar-refractivity contribution in [2.75, 3.05) is 6.61 Å². The van der Waals surface area contributed by atoms with Gasteiger partial charge in [-0.2, -0.15) is 0 Å². The Labute approximate surface area is 135 Å². The molecule has 2 aromatic carbocycles. The molecule has 0 aliphatic carbocycles. The number of hydrogen-bond donors (Lipinski definition) is 2. The number of rotatable bonds is 4. The Bertz CT molecular complexity index is 765. The van der Waals surface area contributed by atoms with Gasteiger partial charge in [-0.3, -0.25) is 0 Å². The van der Waals surface area contributed by atoms with Gasteiger partial charge in [0, 0.05) is 17.5 Å². The molecule has 0 aromatic heterocycles. The summed E-state index contributed by atoms with van der Waals surface area (Å²) in [7, 11) is 0. The van der Waals surface area contributed by atoms with Gasteiger partial charge in [0.05, 0.1) is 12.2 Å². The van der Waals surface area contributed by atoms with Crippen LogP contribution in [-0.4, -0.2) is 11.7 Å². The Morgan fingerprint density at radius 2 is 2.00 bits per heavy atom. The van der Waals surface area contributed by atoms with Crippen molar-refractivity contribution in [2.45, 2.75) is 12.8 Å². The van der Waals surface area contributed by atoms with E-state index < -0.39 is 0 Å². The highest BCUT2D eigenvalue weighted by atomic mass is 16.5. The molecule has 1 unspecified atom stereocenters. The Morgan fingerprint density at radius 1 is 1.26 bits per heavy atom. The van der Waals surface area contributed by atoms with E-state index in [2.05, 4.69) is 6.58 Å². The van der Waals surface area contributed by atoms with Crippen molar-refractivity contribution in [3.8, 4) is 11.5 Å². The molecule has 3 N–H and O–H groups in total. The molecule has 3 rings (SSSR count). The van der Waals surface area contributed by atoms with Gasteiger partial charge < -0.3 is 20.3 Å². The third kappa shape index (κ3) is 2.75. The maximum atomic E-state index is 9.71. The van der Waals surface area contributed by atoms with Crippen molar-refractivity contribution in [1.29, 1.82) is 0 Å². The van der Waals surface area contributed by atoms with Gasteiger partial charge in [-0.25, -0.2) is 0 Å². The van der Waals surface area contributed by atoms with Crippen LogP contribution in [0.3, 0.4) is 0 Å². The first-order valence-electron chi connectivity index (χ1n) is 7.49. The van der Waals surface area contributed by atoms with Gasteiger partial charge in [0.15, 0.2) is 5.88 Å². The van der Waals surface area contributed by atoms with E-state index in [0.29, 0.717) is 18.1 Å². The van der Waals surface area contributed by atoms with Crippen LogP contribution in [0.2, 0.25) is 0 Å². The zero-order valence-electron chi connectivity index (χ0n) is 13.0. The molecule has 118 valence electrons. The van der Waals surface area contributed by atoms with Crippen molar-refractivity contribution in [3.63, 3.8) is 0 Å². The third-order valence-electron chi connectivity index (χ3n) is 3.83. The number of nitrogens with two attached hydrogens (primary N) is 1. The highest BCUT2D eigenvalue weighted by Gasteiger charge is 2.32. The van der Waals surface area contributed by atoms with Crippen LogP contribution in [0.5, 0.6) is 11.5 Å². The van der Waals surface area contributed by atoms with E-state index in [-0.39, 0.29) is 17.6 Å². The topological polar surface area (TPSA) is 64.7 Å². The van der Waals surface area contributed by atoms with Gasteiger partial charge in [-0.15, -0.1) is 0 Å². The van der Waals surface area contributed by atoms with Crippen LogP contribution >= 0.6 is 0 Å². The number of benzene rings is 2. The summed E-state index contributed by atoms with van der Waals surface area (Å²) in [5.74, 6) is 1.27. The lowest BCUT2D eigenvalue weighted by molar-refractivity contribution is 0.231. The minimum atomic E-state index is -0.153. The van der Waals surface area contributed by atoms with Crippen LogP contribution in [0.4, 0.5) is 0 Å². The summed E-state index contributed by atoms with van der Waals surface area (Å²) in [6.07, 6.45) is 0. The second kappa shape index (κ2) is 6.08. The van der Waals surface area contributed by atoms with Crippen LogP contribution in [0, 0.1) is 0 Å². The second-order valence-electron chi connectivity index (χ2n) is 5.30. The normalized spacial score (nSPS) is 16.5. The fourth-order valence-electron chi connectivity index (χ4n) is 2.86. The van der Waals surface area contributed by atoms with E-state index in [1.165, 1.54) is 0 Å². The highest BCUT2D eigenvalue weighted by Crippen LogP contribution is 2.45. The molecule has 0 fully saturated rings. The highest BCUT2D eigenvalue weighted by molar-refractivity contribution is 5.57. The van der Waals surface area contributed by atoms with E-state index in [9.17, 15) is 5.11 Å². The predicted octanol–water partition coefficient (Wildman–Crippen LogP) is 3.64. The number of fused-ring (bicyclic) bond motifs is 1. The summed E-state index contributed by atoms with van der Waals surface area (Å²) in [5.41, 5.74) is 8.83. The fourth-order valence-corrected chi connectivity index (χ4v) is 2.86. The van der Waals surface area contributed by atoms with Gasteiger partial charge in [0.2, 0.25) is 0 Å². The zero-order valence-corrected chi connectivity index (χ0v) is 13.0. The van der Waals surface area contributed by atoms with Crippen LogP contribution in [0.25, 0.3) is 0 Å². The molecular weight excluding hydrogens is 290 g/mol. The Morgan fingerprint density at radius 3 is 2.70 bits per heavy atom. The molecule has 0 saturated heterocycles.